The van der Waals surface area contributed by atoms with E-state index in [-0.39, 0.29) is 26.9 Å². The number of halogens is 2. The number of carboxylic acid groups (broad SMARTS) is 1. The van der Waals surface area contributed by atoms with E-state index >= 15 is 0 Å². The van der Waals surface area contributed by atoms with Crippen LogP contribution in [0.3, 0.4) is 0 Å². The molecule has 3 aromatic rings. The standard InChI is InChI=1S/C16H11ClFN3O4S/c17-13-7-10(5-6-12(13)16(22)23)20-26(24,25)11-8-19-21(9-11)15-4-2-1-3-14(15)18/h1-9,20H,(H,22,23). The van der Waals surface area contributed by atoms with Gasteiger partial charge in [0.2, 0.25) is 0 Å². The van der Waals surface area contributed by atoms with Crippen LogP contribution in [-0.2, 0) is 10.0 Å². The molecule has 0 bridgehead atoms. The van der Waals surface area contributed by atoms with Gasteiger partial charge in [-0.1, -0.05) is 23.7 Å². The van der Waals surface area contributed by atoms with Crippen LogP contribution >= 0.6 is 11.6 Å². The molecule has 0 aliphatic rings. The Hall–Kier alpha value is -2.91. The van der Waals surface area contributed by atoms with Crippen LogP contribution in [-0.4, -0.2) is 29.3 Å². The first-order valence-corrected chi connectivity index (χ1v) is 8.99. The average Bonchev–Trinajstić information content (AvgIpc) is 3.05. The van der Waals surface area contributed by atoms with Gasteiger partial charge in [-0.25, -0.2) is 22.3 Å². The van der Waals surface area contributed by atoms with Crippen molar-refractivity contribution in [2.75, 3.05) is 4.72 Å². The van der Waals surface area contributed by atoms with E-state index in [4.69, 9.17) is 16.7 Å². The molecule has 2 N–H and O–H groups in total. The molecule has 3 rings (SSSR count). The first-order chi connectivity index (χ1) is 12.3. The smallest absolute Gasteiger partial charge is 0.337 e. The molecule has 26 heavy (non-hydrogen) atoms. The van der Waals surface area contributed by atoms with Gasteiger partial charge in [0.15, 0.2) is 0 Å². The maximum absolute atomic E-state index is 13.8. The number of benzene rings is 2. The molecule has 0 aliphatic carbocycles. The molecule has 0 amide bonds. The predicted molar refractivity (Wildman–Crippen MR) is 92.7 cm³/mol. The number of sulfonamides is 1. The van der Waals surface area contributed by atoms with Crippen LogP contribution < -0.4 is 4.72 Å². The van der Waals surface area contributed by atoms with Crippen LogP contribution in [0.4, 0.5) is 10.1 Å². The fourth-order valence-corrected chi connectivity index (χ4v) is 3.42. The minimum absolute atomic E-state index is 0.0821. The van der Waals surface area contributed by atoms with E-state index in [9.17, 15) is 17.6 Å². The molecule has 10 heteroatoms. The third-order valence-corrected chi connectivity index (χ3v) is 5.07. The highest BCUT2D eigenvalue weighted by Crippen LogP contribution is 2.24. The number of hydrogen-bond acceptors (Lipinski definition) is 4. The molecule has 0 fully saturated rings. The summed E-state index contributed by atoms with van der Waals surface area (Å²) in [5.41, 5.74) is 0.0310. The number of carboxylic acids is 1. The molecule has 1 heterocycles. The van der Waals surface area contributed by atoms with E-state index in [2.05, 4.69) is 9.82 Å². The van der Waals surface area contributed by atoms with Crippen molar-refractivity contribution in [3.8, 4) is 5.69 Å². The van der Waals surface area contributed by atoms with Crippen molar-refractivity contribution < 1.29 is 22.7 Å². The topological polar surface area (TPSA) is 101 Å². The number of anilines is 1. The zero-order chi connectivity index (χ0) is 18.9. The lowest BCUT2D eigenvalue weighted by Crippen LogP contribution is -2.12. The monoisotopic (exact) mass is 395 g/mol. The largest absolute Gasteiger partial charge is 0.478 e. The van der Waals surface area contributed by atoms with Crippen LogP contribution in [0.2, 0.25) is 5.02 Å². The van der Waals surface area contributed by atoms with Gasteiger partial charge in [-0.05, 0) is 30.3 Å². The second kappa shape index (κ2) is 6.77. The van der Waals surface area contributed by atoms with Crippen molar-refractivity contribution in [3.05, 3.63) is 71.3 Å². The summed E-state index contributed by atoms with van der Waals surface area (Å²) < 4.78 is 42.0. The maximum atomic E-state index is 13.8. The first-order valence-electron chi connectivity index (χ1n) is 7.13. The zero-order valence-electron chi connectivity index (χ0n) is 12.9. The van der Waals surface area contributed by atoms with Crippen LogP contribution in [0.5, 0.6) is 0 Å². The van der Waals surface area contributed by atoms with Gasteiger partial charge < -0.3 is 5.11 Å². The Morgan fingerprint density at radius 3 is 2.62 bits per heavy atom. The van der Waals surface area contributed by atoms with Crippen molar-refractivity contribution in [1.29, 1.82) is 0 Å². The third-order valence-electron chi connectivity index (χ3n) is 3.42. The van der Waals surface area contributed by atoms with Gasteiger partial charge >= 0.3 is 5.97 Å². The van der Waals surface area contributed by atoms with Gasteiger partial charge in [-0.3, -0.25) is 4.72 Å². The summed E-state index contributed by atoms with van der Waals surface area (Å²) in [6, 6.07) is 9.43. The molecule has 0 unspecified atom stereocenters. The Balaban J connectivity index is 1.89. The van der Waals surface area contributed by atoms with Crippen molar-refractivity contribution >= 4 is 33.3 Å². The number of carbonyl (C=O) groups is 1. The van der Waals surface area contributed by atoms with E-state index in [1.165, 1.54) is 36.4 Å². The highest BCUT2D eigenvalue weighted by molar-refractivity contribution is 7.92. The van der Waals surface area contributed by atoms with E-state index in [1.807, 2.05) is 0 Å². The summed E-state index contributed by atoms with van der Waals surface area (Å²) in [7, 11) is -4.03. The van der Waals surface area contributed by atoms with Crippen molar-refractivity contribution in [2.45, 2.75) is 4.90 Å². The fourth-order valence-electron chi connectivity index (χ4n) is 2.18. The summed E-state index contributed by atoms with van der Waals surface area (Å²) in [5, 5.41) is 12.7. The SMILES string of the molecule is O=C(O)c1ccc(NS(=O)(=O)c2cnn(-c3ccccc3F)c2)cc1Cl. The Morgan fingerprint density at radius 1 is 1.23 bits per heavy atom. The van der Waals surface area contributed by atoms with E-state index in [0.29, 0.717) is 0 Å². The molecule has 0 aliphatic heterocycles. The minimum atomic E-state index is -4.03. The van der Waals surface area contributed by atoms with Crippen molar-refractivity contribution in [2.24, 2.45) is 0 Å². The van der Waals surface area contributed by atoms with Crippen LogP contribution in [0.15, 0.2) is 59.8 Å². The molecule has 1 aromatic heterocycles. The summed E-state index contributed by atoms with van der Waals surface area (Å²) >= 11 is 5.83. The van der Waals surface area contributed by atoms with Crippen LogP contribution in [0.25, 0.3) is 5.69 Å². The summed E-state index contributed by atoms with van der Waals surface area (Å²) in [4.78, 5) is 10.7. The van der Waals surface area contributed by atoms with Crippen LogP contribution in [0, 0.1) is 5.82 Å². The highest BCUT2D eigenvalue weighted by atomic mass is 35.5. The number of rotatable bonds is 5. The molecular weight excluding hydrogens is 385 g/mol. The number of hydrogen-bond donors (Lipinski definition) is 2. The molecule has 7 nitrogen and oxygen atoms in total. The van der Waals surface area contributed by atoms with Gasteiger partial charge in [-0.2, -0.15) is 5.10 Å². The van der Waals surface area contributed by atoms with Gasteiger partial charge in [0.1, 0.15) is 16.4 Å². The Labute approximate surface area is 152 Å². The third kappa shape index (κ3) is 3.53. The number of aromatic nitrogens is 2. The average molecular weight is 396 g/mol. The van der Waals surface area contributed by atoms with Gasteiger partial charge in [-0.15, -0.1) is 0 Å². The maximum Gasteiger partial charge on any atom is 0.337 e. The normalized spacial score (nSPS) is 11.3. The minimum Gasteiger partial charge on any atom is -0.478 e. The zero-order valence-corrected chi connectivity index (χ0v) is 14.5. The summed E-state index contributed by atoms with van der Waals surface area (Å²) in [6.45, 7) is 0. The van der Waals surface area contributed by atoms with E-state index in [0.717, 1.165) is 17.1 Å². The van der Waals surface area contributed by atoms with E-state index in [1.54, 1.807) is 6.07 Å². The number of nitrogens with zero attached hydrogens (tertiary/aromatic N) is 2. The molecule has 0 spiro atoms. The molecule has 134 valence electrons. The Kier molecular flexibility index (Phi) is 4.66. The second-order valence-corrected chi connectivity index (χ2v) is 7.27. The first kappa shape index (κ1) is 17.9. The van der Waals surface area contributed by atoms with Crippen molar-refractivity contribution in [3.63, 3.8) is 0 Å². The fraction of sp³-hybridized carbons (Fsp3) is 0. The lowest BCUT2D eigenvalue weighted by atomic mass is 10.2. The Morgan fingerprint density at radius 2 is 1.96 bits per heavy atom. The Bertz CT molecular complexity index is 1100. The van der Waals surface area contributed by atoms with Crippen molar-refractivity contribution in [1.82, 2.24) is 9.78 Å². The second-order valence-electron chi connectivity index (χ2n) is 5.18. The lowest BCUT2D eigenvalue weighted by molar-refractivity contribution is 0.0697. The summed E-state index contributed by atoms with van der Waals surface area (Å²) in [6.07, 6.45) is 2.23. The quantitative estimate of drug-likeness (QED) is 0.691. The van der Waals surface area contributed by atoms with Gasteiger partial charge in [0.25, 0.3) is 10.0 Å². The molecule has 2 aromatic carbocycles. The highest BCUT2D eigenvalue weighted by Gasteiger charge is 2.19. The molecule has 0 radical (unpaired) electrons. The number of nitrogens with one attached hydrogen (secondary N) is 1. The molecule has 0 saturated carbocycles. The molecule has 0 atom stereocenters. The predicted octanol–water partition coefficient (Wildman–Crippen LogP) is 3.16. The molecular formula is C16H11ClFN3O4S. The van der Waals surface area contributed by atoms with E-state index < -0.39 is 21.8 Å². The number of para-hydroxylation sites is 1. The lowest BCUT2D eigenvalue weighted by Gasteiger charge is -2.08. The number of aromatic carboxylic acids is 1. The summed E-state index contributed by atoms with van der Waals surface area (Å²) in [5.74, 6) is -1.78. The van der Waals surface area contributed by atoms with Gasteiger partial charge in [0.05, 0.1) is 28.7 Å². The molecule has 0 saturated heterocycles. The van der Waals surface area contributed by atoms with Crippen LogP contribution in [0.1, 0.15) is 10.4 Å². The van der Waals surface area contributed by atoms with Gasteiger partial charge in [0, 0.05) is 0 Å².